The van der Waals surface area contributed by atoms with Crippen molar-refractivity contribution in [1.82, 2.24) is 4.90 Å². The number of aliphatic hydroxyl groups is 1. The van der Waals surface area contributed by atoms with E-state index in [2.05, 4.69) is 13.2 Å². The van der Waals surface area contributed by atoms with E-state index < -0.39 is 64.5 Å². The van der Waals surface area contributed by atoms with Gasteiger partial charge in [0.15, 0.2) is 0 Å². The fraction of sp³-hybridized carbons (Fsp3) is 0.621. The number of hydrogen-bond acceptors (Lipinski definition) is 9. The van der Waals surface area contributed by atoms with Gasteiger partial charge in [-0.1, -0.05) is 26.0 Å². The lowest BCUT2D eigenvalue weighted by molar-refractivity contribution is -0.201. The number of carbonyl (C=O) groups excluding carboxylic acids is 4. The Labute approximate surface area is 228 Å². The molecule has 39 heavy (non-hydrogen) atoms. The first-order chi connectivity index (χ1) is 18.4. The first kappa shape index (κ1) is 28.9. The third kappa shape index (κ3) is 4.28. The van der Waals surface area contributed by atoms with Crippen LogP contribution < -0.4 is 0 Å². The molecule has 10 heteroatoms. The number of nitrogens with zero attached hydrogens (tertiary/aromatic N) is 1. The number of esters is 2. The summed E-state index contributed by atoms with van der Waals surface area (Å²) < 4.78 is 17.1. The molecular weight excluding hydrogens is 504 g/mol. The highest BCUT2D eigenvalue weighted by Crippen LogP contribution is 2.65. The predicted molar refractivity (Wildman–Crippen MR) is 141 cm³/mol. The lowest BCUT2D eigenvalue weighted by atomic mass is 9.45. The second-order valence-corrected chi connectivity index (χ2v) is 11.5. The van der Waals surface area contributed by atoms with Crippen LogP contribution in [0.2, 0.25) is 0 Å². The molecule has 0 aromatic carbocycles. The van der Waals surface area contributed by atoms with E-state index in [9.17, 15) is 24.3 Å². The normalized spacial score (nSPS) is 37.3. The van der Waals surface area contributed by atoms with Crippen LogP contribution in [0.4, 0.5) is 0 Å². The number of carbonyl (C=O) groups is 4. The molecule has 3 aliphatic carbocycles. The van der Waals surface area contributed by atoms with E-state index in [1.165, 1.54) is 18.9 Å². The van der Waals surface area contributed by atoms with Gasteiger partial charge < -0.3 is 24.2 Å². The maximum absolute atomic E-state index is 14.1. The number of nitrogens with one attached hydrogen (secondary N) is 1. The second kappa shape index (κ2) is 10.5. The smallest absolute Gasteiger partial charge is 0.342 e. The van der Waals surface area contributed by atoms with E-state index in [-0.39, 0.29) is 49.0 Å². The summed E-state index contributed by atoms with van der Waals surface area (Å²) in [6.07, 6.45) is 1.84. The average molecular weight is 543 g/mol. The van der Waals surface area contributed by atoms with Crippen molar-refractivity contribution < 1.29 is 38.5 Å². The molecule has 212 valence electrons. The van der Waals surface area contributed by atoms with Crippen LogP contribution in [0, 0.1) is 34.0 Å². The summed E-state index contributed by atoms with van der Waals surface area (Å²) >= 11 is 0. The molecule has 0 amide bonds. The zero-order valence-electron chi connectivity index (χ0n) is 23.0. The standard InChI is InChI=1S/C29H38N2O8/c1-7-11-31(12-8-2)26(30)21-23-25(35)24(34)20-16-9-10-18(33)28(16,4)13-17(38-15(3)32)22(20)29(23,5)19(14-37-6)39-27(21)36/h7-8,16-20,22,30,33H,1-2,9-14H2,3-6H3/t16-,17+,18?,19+,20?,22?,28-,29+/m0/s1. The van der Waals surface area contributed by atoms with Gasteiger partial charge in [-0.3, -0.25) is 19.8 Å². The van der Waals surface area contributed by atoms with Crippen molar-refractivity contribution >= 4 is 29.3 Å². The van der Waals surface area contributed by atoms with Gasteiger partial charge in [-0.25, -0.2) is 4.79 Å². The molecule has 1 aliphatic heterocycles. The van der Waals surface area contributed by atoms with E-state index in [1.54, 1.807) is 19.1 Å². The highest BCUT2D eigenvalue weighted by molar-refractivity contribution is 6.48. The van der Waals surface area contributed by atoms with Gasteiger partial charge in [-0.15, -0.1) is 13.2 Å². The Morgan fingerprint density at radius 2 is 1.85 bits per heavy atom. The van der Waals surface area contributed by atoms with E-state index in [0.29, 0.717) is 12.8 Å². The third-order valence-corrected chi connectivity index (χ3v) is 9.47. The van der Waals surface area contributed by atoms with Crippen LogP contribution in [-0.4, -0.2) is 84.5 Å². The van der Waals surface area contributed by atoms with Gasteiger partial charge in [-0.05, 0) is 25.2 Å². The van der Waals surface area contributed by atoms with Crippen molar-refractivity contribution in [2.75, 3.05) is 26.8 Å². The van der Waals surface area contributed by atoms with Gasteiger partial charge in [-0.2, -0.15) is 0 Å². The van der Waals surface area contributed by atoms with Gasteiger partial charge in [0.05, 0.1) is 12.7 Å². The molecule has 3 unspecified atom stereocenters. The number of hydrogen-bond donors (Lipinski definition) is 2. The van der Waals surface area contributed by atoms with Crippen LogP contribution >= 0.6 is 0 Å². The van der Waals surface area contributed by atoms with Crippen molar-refractivity contribution in [2.45, 2.75) is 58.3 Å². The summed E-state index contributed by atoms with van der Waals surface area (Å²) in [6, 6.07) is 0. The highest BCUT2D eigenvalue weighted by atomic mass is 16.6. The quantitative estimate of drug-likeness (QED) is 0.155. The summed E-state index contributed by atoms with van der Waals surface area (Å²) in [5.41, 5.74) is -2.44. The van der Waals surface area contributed by atoms with E-state index >= 15 is 0 Å². The van der Waals surface area contributed by atoms with Crippen LogP contribution in [0.1, 0.15) is 40.0 Å². The Morgan fingerprint density at radius 3 is 2.41 bits per heavy atom. The van der Waals surface area contributed by atoms with Crippen molar-refractivity contribution in [1.29, 1.82) is 5.41 Å². The predicted octanol–water partition coefficient (Wildman–Crippen LogP) is 2.01. The Morgan fingerprint density at radius 1 is 1.21 bits per heavy atom. The lowest BCUT2D eigenvalue weighted by Gasteiger charge is -2.59. The minimum Gasteiger partial charge on any atom is -0.462 e. The molecule has 1 heterocycles. The molecule has 0 radical (unpaired) electrons. The number of amidine groups is 1. The molecule has 4 rings (SSSR count). The first-order valence-electron chi connectivity index (χ1n) is 13.3. The molecule has 0 saturated heterocycles. The highest BCUT2D eigenvalue weighted by Gasteiger charge is 2.71. The maximum atomic E-state index is 14.1. The summed E-state index contributed by atoms with van der Waals surface area (Å²) in [4.78, 5) is 55.4. The fourth-order valence-electron chi connectivity index (χ4n) is 7.75. The van der Waals surface area contributed by atoms with Crippen LogP contribution in [0.5, 0.6) is 0 Å². The minimum absolute atomic E-state index is 0.0720. The van der Waals surface area contributed by atoms with E-state index in [0.717, 1.165) is 0 Å². The SMILES string of the molecule is C=CCN(CC=C)C(=N)C1=C2C(=O)C(=O)C3C([C@H](OC(C)=O)C[C@]4(C)C(O)CC[C@@H]34)[C@@]2(C)[C@@H](COC)OC1=O. The Balaban J connectivity index is 2.00. The number of rotatable bonds is 8. The zero-order chi connectivity index (χ0) is 28.9. The molecule has 0 aromatic rings. The van der Waals surface area contributed by atoms with Crippen LogP contribution in [0.3, 0.4) is 0 Å². The fourth-order valence-corrected chi connectivity index (χ4v) is 7.75. The molecule has 3 fully saturated rings. The van der Waals surface area contributed by atoms with Crippen molar-refractivity contribution in [3.8, 4) is 0 Å². The van der Waals surface area contributed by atoms with Gasteiger partial charge in [0.1, 0.15) is 23.6 Å². The number of cyclic esters (lactones) is 1. The molecule has 4 aliphatic rings. The number of methoxy groups -OCH3 is 1. The number of ether oxygens (including phenoxy) is 3. The average Bonchev–Trinajstić information content (AvgIpc) is 3.16. The molecule has 0 aromatic heterocycles. The summed E-state index contributed by atoms with van der Waals surface area (Å²) in [7, 11) is 1.44. The van der Waals surface area contributed by atoms with Crippen molar-refractivity contribution in [2.24, 2.45) is 28.6 Å². The number of fused-ring (bicyclic) bond motifs is 5. The van der Waals surface area contributed by atoms with Crippen LogP contribution in [-0.2, 0) is 33.4 Å². The topological polar surface area (TPSA) is 143 Å². The van der Waals surface area contributed by atoms with E-state index in [4.69, 9.17) is 19.6 Å². The zero-order valence-corrected chi connectivity index (χ0v) is 23.0. The Hall–Kier alpha value is -3.11. The Bertz CT molecular complexity index is 1150. The minimum atomic E-state index is -1.32. The molecule has 8 atom stereocenters. The van der Waals surface area contributed by atoms with E-state index in [1.807, 2.05) is 6.92 Å². The largest absolute Gasteiger partial charge is 0.462 e. The Kier molecular flexibility index (Phi) is 7.75. The maximum Gasteiger partial charge on any atom is 0.342 e. The summed E-state index contributed by atoms with van der Waals surface area (Å²) in [5, 5.41) is 19.9. The summed E-state index contributed by atoms with van der Waals surface area (Å²) in [5.74, 6) is -5.21. The number of aliphatic hydroxyl groups excluding tert-OH is 1. The molecular formula is C29H38N2O8. The monoisotopic (exact) mass is 542 g/mol. The number of Topliss-reactive ketones (excluding diaryl/α,β-unsaturated/α-hetero) is 2. The van der Waals surface area contributed by atoms with Gasteiger partial charge >= 0.3 is 11.9 Å². The van der Waals surface area contributed by atoms with Crippen LogP contribution in [0.25, 0.3) is 0 Å². The van der Waals surface area contributed by atoms with Gasteiger partial charge in [0.2, 0.25) is 11.6 Å². The molecule has 10 nitrogen and oxygen atoms in total. The molecule has 0 spiro atoms. The van der Waals surface area contributed by atoms with Crippen LogP contribution in [0.15, 0.2) is 36.5 Å². The first-order valence-corrected chi connectivity index (χ1v) is 13.3. The molecule has 0 bridgehead atoms. The summed E-state index contributed by atoms with van der Waals surface area (Å²) in [6.45, 7) is 12.6. The van der Waals surface area contributed by atoms with Crippen molar-refractivity contribution in [3.63, 3.8) is 0 Å². The molecule has 2 N–H and O–H groups in total. The molecule has 3 saturated carbocycles. The van der Waals surface area contributed by atoms with Gasteiger partial charge in [0.25, 0.3) is 0 Å². The van der Waals surface area contributed by atoms with Crippen molar-refractivity contribution in [3.05, 3.63) is 36.5 Å². The second-order valence-electron chi connectivity index (χ2n) is 11.5. The van der Waals surface area contributed by atoms with Gasteiger partial charge in [0, 0.05) is 55.4 Å². The number of ketones is 2. The lowest BCUT2D eigenvalue weighted by Crippen LogP contribution is -2.67. The third-order valence-electron chi connectivity index (χ3n) is 9.47.